The molecule has 150 valence electrons. The molecule has 4 aromatic carbocycles. The fourth-order valence-corrected chi connectivity index (χ4v) is 3.38. The highest BCUT2D eigenvalue weighted by Crippen LogP contribution is 2.25. The molecule has 0 bridgehead atoms. The number of amides is 1. The second kappa shape index (κ2) is 8.70. The van der Waals surface area contributed by atoms with Crippen LogP contribution in [-0.4, -0.2) is 13.0 Å². The van der Waals surface area contributed by atoms with Crippen LogP contribution in [0.3, 0.4) is 0 Å². The van der Waals surface area contributed by atoms with Crippen molar-refractivity contribution in [2.24, 2.45) is 0 Å². The monoisotopic (exact) mass is 397 g/mol. The summed E-state index contributed by atoms with van der Waals surface area (Å²) in [6.45, 7) is 2.29. The van der Waals surface area contributed by atoms with Gasteiger partial charge in [-0.05, 0) is 65.7 Å². The minimum absolute atomic E-state index is 0.171. The second-order valence-corrected chi connectivity index (χ2v) is 7.15. The van der Waals surface area contributed by atoms with Gasteiger partial charge in [-0.15, -0.1) is 0 Å². The Hall–Kier alpha value is -3.79. The van der Waals surface area contributed by atoms with Gasteiger partial charge in [-0.2, -0.15) is 0 Å². The number of anilines is 1. The van der Waals surface area contributed by atoms with E-state index in [4.69, 9.17) is 9.47 Å². The number of benzene rings is 4. The highest BCUT2D eigenvalue weighted by molar-refractivity contribution is 6.04. The molecule has 30 heavy (non-hydrogen) atoms. The van der Waals surface area contributed by atoms with Crippen LogP contribution in [0.1, 0.15) is 21.5 Å². The van der Waals surface area contributed by atoms with Crippen molar-refractivity contribution in [3.05, 3.63) is 102 Å². The van der Waals surface area contributed by atoms with E-state index in [1.807, 2.05) is 67.6 Å². The van der Waals surface area contributed by atoms with E-state index in [-0.39, 0.29) is 5.91 Å². The Kier molecular flexibility index (Phi) is 5.66. The smallest absolute Gasteiger partial charge is 0.255 e. The van der Waals surface area contributed by atoms with Crippen LogP contribution in [0.15, 0.2) is 84.9 Å². The van der Waals surface area contributed by atoms with Gasteiger partial charge < -0.3 is 14.8 Å². The molecule has 0 aromatic heterocycles. The molecule has 1 amide bonds. The predicted octanol–water partition coefficient (Wildman–Crippen LogP) is 5.99. The zero-order valence-electron chi connectivity index (χ0n) is 17.0. The van der Waals surface area contributed by atoms with Crippen LogP contribution < -0.4 is 14.8 Å². The number of hydrogen-bond donors (Lipinski definition) is 1. The molecule has 4 heteroatoms. The Morgan fingerprint density at radius 2 is 1.70 bits per heavy atom. The summed E-state index contributed by atoms with van der Waals surface area (Å²) in [7, 11) is 1.61. The van der Waals surface area contributed by atoms with Crippen molar-refractivity contribution < 1.29 is 14.3 Å². The molecule has 0 radical (unpaired) electrons. The quantitative estimate of drug-likeness (QED) is 0.435. The number of methoxy groups -OCH3 is 1. The SMILES string of the molecule is COc1ccc(C(=O)Nc2cccc(C)c2)cc1COc1ccc2ccccc2c1. The number of carbonyl (C=O) groups is 1. The first-order chi connectivity index (χ1) is 14.6. The Labute approximate surface area is 176 Å². The number of ether oxygens (including phenoxy) is 2. The molecule has 0 fully saturated rings. The average molecular weight is 397 g/mol. The van der Waals surface area contributed by atoms with E-state index in [1.54, 1.807) is 19.2 Å². The molecule has 0 aliphatic heterocycles. The highest BCUT2D eigenvalue weighted by Gasteiger charge is 2.12. The molecule has 0 saturated heterocycles. The summed E-state index contributed by atoms with van der Waals surface area (Å²) in [6, 6.07) is 27.2. The minimum atomic E-state index is -0.171. The summed E-state index contributed by atoms with van der Waals surface area (Å²) in [6.07, 6.45) is 0. The standard InChI is InChI=1S/C26H23NO3/c1-18-6-5-9-23(14-18)27-26(28)21-11-13-25(29-2)22(15-21)17-30-24-12-10-19-7-3-4-8-20(19)16-24/h3-16H,17H2,1-2H3,(H,27,28). The van der Waals surface area contributed by atoms with E-state index in [0.717, 1.165) is 33.3 Å². The van der Waals surface area contributed by atoms with Gasteiger partial charge >= 0.3 is 0 Å². The zero-order valence-corrected chi connectivity index (χ0v) is 17.0. The van der Waals surface area contributed by atoms with Gasteiger partial charge in [0.25, 0.3) is 5.91 Å². The molecule has 4 aromatic rings. The maximum absolute atomic E-state index is 12.7. The van der Waals surface area contributed by atoms with Crippen LogP contribution in [0, 0.1) is 6.92 Å². The van der Waals surface area contributed by atoms with Gasteiger partial charge in [0.05, 0.1) is 7.11 Å². The lowest BCUT2D eigenvalue weighted by Crippen LogP contribution is -2.13. The van der Waals surface area contributed by atoms with E-state index in [1.165, 1.54) is 0 Å². The molecule has 0 heterocycles. The fourth-order valence-electron chi connectivity index (χ4n) is 3.38. The molecule has 0 atom stereocenters. The summed E-state index contributed by atoms with van der Waals surface area (Å²) in [5.41, 5.74) is 3.22. The predicted molar refractivity (Wildman–Crippen MR) is 120 cm³/mol. The number of carbonyl (C=O) groups excluding carboxylic acids is 1. The number of fused-ring (bicyclic) bond motifs is 1. The summed E-state index contributed by atoms with van der Waals surface area (Å²) < 4.78 is 11.5. The lowest BCUT2D eigenvalue weighted by atomic mass is 10.1. The van der Waals surface area contributed by atoms with E-state index in [0.29, 0.717) is 17.9 Å². The van der Waals surface area contributed by atoms with Crippen molar-refractivity contribution >= 4 is 22.4 Å². The number of rotatable bonds is 6. The van der Waals surface area contributed by atoms with E-state index in [2.05, 4.69) is 17.4 Å². The fraction of sp³-hybridized carbons (Fsp3) is 0.115. The Balaban J connectivity index is 1.52. The van der Waals surface area contributed by atoms with Crippen LogP contribution in [0.2, 0.25) is 0 Å². The minimum Gasteiger partial charge on any atom is -0.496 e. The van der Waals surface area contributed by atoms with Gasteiger partial charge in [0.1, 0.15) is 18.1 Å². The van der Waals surface area contributed by atoms with Gasteiger partial charge in [-0.1, -0.05) is 42.5 Å². The van der Waals surface area contributed by atoms with Crippen molar-refractivity contribution in [2.45, 2.75) is 13.5 Å². The van der Waals surface area contributed by atoms with Crippen LogP contribution in [0.4, 0.5) is 5.69 Å². The zero-order chi connectivity index (χ0) is 20.9. The molecular formula is C26H23NO3. The summed E-state index contributed by atoms with van der Waals surface area (Å²) in [5.74, 6) is 1.28. The third-order valence-corrected chi connectivity index (χ3v) is 4.93. The molecule has 0 saturated carbocycles. The molecular weight excluding hydrogens is 374 g/mol. The maximum Gasteiger partial charge on any atom is 0.255 e. The van der Waals surface area contributed by atoms with Crippen molar-refractivity contribution in [1.82, 2.24) is 0 Å². The van der Waals surface area contributed by atoms with Crippen LogP contribution >= 0.6 is 0 Å². The van der Waals surface area contributed by atoms with Gasteiger partial charge in [-0.3, -0.25) is 4.79 Å². The lowest BCUT2D eigenvalue weighted by Gasteiger charge is -2.13. The van der Waals surface area contributed by atoms with Crippen molar-refractivity contribution in [3.8, 4) is 11.5 Å². The lowest BCUT2D eigenvalue weighted by molar-refractivity contribution is 0.102. The molecule has 0 unspecified atom stereocenters. The Bertz CT molecular complexity index is 1200. The molecule has 0 aliphatic carbocycles. The summed E-state index contributed by atoms with van der Waals surface area (Å²) >= 11 is 0. The number of aryl methyl sites for hydroxylation is 1. The Morgan fingerprint density at radius 3 is 2.50 bits per heavy atom. The molecule has 4 nitrogen and oxygen atoms in total. The first kappa shape index (κ1) is 19.5. The van der Waals surface area contributed by atoms with Gasteiger partial charge in [0.2, 0.25) is 0 Å². The second-order valence-electron chi connectivity index (χ2n) is 7.15. The largest absolute Gasteiger partial charge is 0.496 e. The van der Waals surface area contributed by atoms with E-state index >= 15 is 0 Å². The van der Waals surface area contributed by atoms with E-state index < -0.39 is 0 Å². The van der Waals surface area contributed by atoms with Crippen molar-refractivity contribution in [2.75, 3.05) is 12.4 Å². The maximum atomic E-state index is 12.7. The number of hydrogen-bond acceptors (Lipinski definition) is 3. The van der Waals surface area contributed by atoms with Crippen LogP contribution in [0.5, 0.6) is 11.5 Å². The Morgan fingerprint density at radius 1 is 0.867 bits per heavy atom. The topological polar surface area (TPSA) is 47.6 Å². The van der Waals surface area contributed by atoms with Crippen molar-refractivity contribution in [3.63, 3.8) is 0 Å². The van der Waals surface area contributed by atoms with E-state index in [9.17, 15) is 4.79 Å². The highest BCUT2D eigenvalue weighted by atomic mass is 16.5. The molecule has 0 aliphatic rings. The molecule has 0 spiro atoms. The molecule has 1 N–H and O–H groups in total. The normalized spacial score (nSPS) is 10.6. The molecule has 4 rings (SSSR count). The van der Waals surface area contributed by atoms with Gasteiger partial charge in [0.15, 0.2) is 0 Å². The van der Waals surface area contributed by atoms with Crippen LogP contribution in [-0.2, 0) is 6.61 Å². The van der Waals surface area contributed by atoms with Gasteiger partial charge in [0, 0.05) is 16.8 Å². The third kappa shape index (κ3) is 4.44. The first-order valence-corrected chi connectivity index (χ1v) is 9.79. The first-order valence-electron chi connectivity index (χ1n) is 9.79. The summed E-state index contributed by atoms with van der Waals surface area (Å²) in [4.78, 5) is 12.7. The number of nitrogens with one attached hydrogen (secondary N) is 1. The average Bonchev–Trinajstić information content (AvgIpc) is 2.77. The van der Waals surface area contributed by atoms with Crippen LogP contribution in [0.25, 0.3) is 10.8 Å². The van der Waals surface area contributed by atoms with Crippen molar-refractivity contribution in [1.29, 1.82) is 0 Å². The summed E-state index contributed by atoms with van der Waals surface area (Å²) in [5, 5.41) is 5.22. The third-order valence-electron chi connectivity index (χ3n) is 4.93. The van der Waals surface area contributed by atoms with Gasteiger partial charge in [-0.25, -0.2) is 0 Å².